The Labute approximate surface area is 105 Å². The summed E-state index contributed by atoms with van der Waals surface area (Å²) in [7, 11) is 0. The summed E-state index contributed by atoms with van der Waals surface area (Å²) in [5.74, 6) is 0. The van der Waals surface area contributed by atoms with Crippen LogP contribution in [0.15, 0.2) is 36.7 Å². The lowest BCUT2D eigenvalue weighted by atomic mass is 10.3. The molecule has 0 fully saturated rings. The van der Waals surface area contributed by atoms with E-state index in [9.17, 15) is 4.79 Å². The van der Waals surface area contributed by atoms with Crippen molar-refractivity contribution in [1.82, 2.24) is 9.97 Å². The number of aryl methyl sites for hydroxylation is 2. The van der Waals surface area contributed by atoms with Crippen LogP contribution < -0.4 is 10.6 Å². The molecule has 0 bridgehead atoms. The van der Waals surface area contributed by atoms with E-state index in [0.717, 1.165) is 11.4 Å². The van der Waals surface area contributed by atoms with Crippen molar-refractivity contribution in [2.75, 3.05) is 10.6 Å². The molecular weight excluding hydrogens is 228 g/mol. The molecule has 0 radical (unpaired) electrons. The summed E-state index contributed by atoms with van der Waals surface area (Å²) in [5.41, 5.74) is 2.93. The van der Waals surface area contributed by atoms with Crippen LogP contribution in [0.4, 0.5) is 16.2 Å². The number of aromatic nitrogens is 2. The maximum Gasteiger partial charge on any atom is 0.323 e. The quantitative estimate of drug-likeness (QED) is 0.850. The summed E-state index contributed by atoms with van der Waals surface area (Å²) in [6, 6.07) is 6.86. The highest BCUT2D eigenvalue weighted by atomic mass is 16.2. The standard InChI is InChI=1S/C13H14N4O/c1-9-11(5-3-7-14-9)16-13(18)17-12-6-4-8-15-10(12)2/h3-8H,1-2H3,(H2,16,17,18). The molecule has 5 heteroatoms. The third-order valence-electron chi connectivity index (χ3n) is 2.51. The molecular formula is C13H14N4O. The Morgan fingerprint density at radius 3 is 1.78 bits per heavy atom. The van der Waals surface area contributed by atoms with Gasteiger partial charge in [0.15, 0.2) is 0 Å². The number of rotatable bonds is 2. The molecule has 5 nitrogen and oxygen atoms in total. The first-order valence-electron chi connectivity index (χ1n) is 5.58. The average Bonchev–Trinajstić information content (AvgIpc) is 2.35. The first-order chi connectivity index (χ1) is 8.66. The number of carbonyl (C=O) groups is 1. The van der Waals surface area contributed by atoms with Crippen LogP contribution in [0, 0.1) is 13.8 Å². The topological polar surface area (TPSA) is 66.9 Å². The summed E-state index contributed by atoms with van der Waals surface area (Å²) in [6.07, 6.45) is 3.37. The van der Waals surface area contributed by atoms with E-state index >= 15 is 0 Å². The van der Waals surface area contributed by atoms with Crippen LogP contribution in [-0.2, 0) is 0 Å². The number of nitrogens with zero attached hydrogens (tertiary/aromatic N) is 2. The van der Waals surface area contributed by atoms with E-state index in [1.807, 2.05) is 13.8 Å². The minimum absolute atomic E-state index is 0.304. The van der Waals surface area contributed by atoms with Crippen LogP contribution in [0.2, 0.25) is 0 Å². The molecule has 2 aromatic heterocycles. The number of hydrogen-bond donors (Lipinski definition) is 2. The summed E-state index contributed by atoms with van der Waals surface area (Å²) < 4.78 is 0. The monoisotopic (exact) mass is 242 g/mol. The summed E-state index contributed by atoms with van der Waals surface area (Å²) in [5, 5.41) is 5.49. The lowest BCUT2D eigenvalue weighted by Crippen LogP contribution is -2.20. The number of anilines is 2. The number of carbonyl (C=O) groups excluding carboxylic acids is 1. The van der Waals surface area contributed by atoms with Gasteiger partial charge in [0.25, 0.3) is 0 Å². The van der Waals surface area contributed by atoms with Gasteiger partial charge in [0.05, 0.1) is 22.8 Å². The average molecular weight is 242 g/mol. The molecule has 0 atom stereocenters. The summed E-state index contributed by atoms with van der Waals surface area (Å²) >= 11 is 0. The van der Waals surface area contributed by atoms with Gasteiger partial charge in [-0.15, -0.1) is 0 Å². The third-order valence-corrected chi connectivity index (χ3v) is 2.51. The molecule has 18 heavy (non-hydrogen) atoms. The van der Waals surface area contributed by atoms with Crippen molar-refractivity contribution < 1.29 is 4.79 Å². The first-order valence-corrected chi connectivity index (χ1v) is 5.58. The Morgan fingerprint density at radius 2 is 1.39 bits per heavy atom. The maximum absolute atomic E-state index is 11.8. The highest BCUT2D eigenvalue weighted by Gasteiger charge is 2.06. The Balaban J connectivity index is 2.06. The second kappa shape index (κ2) is 5.27. The van der Waals surface area contributed by atoms with Crippen molar-refractivity contribution in [3.8, 4) is 0 Å². The van der Waals surface area contributed by atoms with E-state index < -0.39 is 0 Å². The molecule has 0 aliphatic heterocycles. The maximum atomic E-state index is 11.8. The SMILES string of the molecule is Cc1ncccc1NC(=O)Nc1cccnc1C. The predicted molar refractivity (Wildman–Crippen MR) is 70.6 cm³/mol. The van der Waals surface area contributed by atoms with Crippen molar-refractivity contribution in [2.45, 2.75) is 13.8 Å². The lowest BCUT2D eigenvalue weighted by molar-refractivity contribution is 0.262. The molecule has 2 amide bonds. The van der Waals surface area contributed by atoms with Crippen LogP contribution in [0.5, 0.6) is 0 Å². The van der Waals surface area contributed by atoms with Gasteiger partial charge in [0.1, 0.15) is 0 Å². The van der Waals surface area contributed by atoms with Crippen LogP contribution in [0.3, 0.4) is 0 Å². The number of amides is 2. The fraction of sp³-hybridized carbons (Fsp3) is 0.154. The van der Waals surface area contributed by atoms with Gasteiger partial charge in [-0.05, 0) is 38.1 Å². The summed E-state index contributed by atoms with van der Waals surface area (Å²) in [6.45, 7) is 3.68. The van der Waals surface area contributed by atoms with E-state index in [1.54, 1.807) is 36.7 Å². The van der Waals surface area contributed by atoms with Crippen LogP contribution >= 0.6 is 0 Å². The third kappa shape index (κ3) is 2.82. The normalized spacial score (nSPS) is 9.89. The van der Waals surface area contributed by atoms with Gasteiger partial charge in [-0.25, -0.2) is 4.79 Å². The molecule has 0 saturated heterocycles. The highest BCUT2D eigenvalue weighted by Crippen LogP contribution is 2.13. The molecule has 0 unspecified atom stereocenters. The molecule has 2 heterocycles. The van der Waals surface area contributed by atoms with E-state index in [2.05, 4.69) is 20.6 Å². The summed E-state index contributed by atoms with van der Waals surface area (Å²) in [4.78, 5) is 20.0. The molecule has 0 saturated carbocycles. The minimum Gasteiger partial charge on any atom is -0.306 e. The van der Waals surface area contributed by atoms with Crippen LogP contribution in [-0.4, -0.2) is 16.0 Å². The Morgan fingerprint density at radius 1 is 0.944 bits per heavy atom. The molecule has 0 aromatic carbocycles. The fourth-order valence-corrected chi connectivity index (χ4v) is 1.51. The molecule has 92 valence electrons. The van der Waals surface area contributed by atoms with Crippen molar-refractivity contribution in [3.05, 3.63) is 48.0 Å². The highest BCUT2D eigenvalue weighted by molar-refractivity contribution is 6.00. The Kier molecular flexibility index (Phi) is 3.52. The van der Waals surface area contributed by atoms with Gasteiger partial charge in [0.2, 0.25) is 0 Å². The second-order valence-corrected chi connectivity index (χ2v) is 3.85. The molecule has 2 rings (SSSR count). The zero-order valence-corrected chi connectivity index (χ0v) is 10.3. The van der Waals surface area contributed by atoms with Gasteiger partial charge in [-0.3, -0.25) is 9.97 Å². The Hall–Kier alpha value is -2.43. The number of hydrogen-bond acceptors (Lipinski definition) is 3. The lowest BCUT2D eigenvalue weighted by Gasteiger charge is -2.10. The van der Waals surface area contributed by atoms with Gasteiger partial charge < -0.3 is 10.6 Å². The molecule has 0 spiro atoms. The molecule has 2 N–H and O–H groups in total. The van der Waals surface area contributed by atoms with Crippen molar-refractivity contribution >= 4 is 17.4 Å². The second-order valence-electron chi connectivity index (χ2n) is 3.85. The minimum atomic E-state index is -0.304. The van der Waals surface area contributed by atoms with Crippen molar-refractivity contribution in [3.63, 3.8) is 0 Å². The number of nitrogens with one attached hydrogen (secondary N) is 2. The number of pyridine rings is 2. The van der Waals surface area contributed by atoms with Gasteiger partial charge in [-0.2, -0.15) is 0 Å². The predicted octanol–water partition coefficient (Wildman–Crippen LogP) is 2.74. The zero-order chi connectivity index (χ0) is 13.0. The molecule has 2 aromatic rings. The first kappa shape index (κ1) is 12.0. The number of urea groups is 1. The smallest absolute Gasteiger partial charge is 0.306 e. The molecule has 0 aliphatic rings. The Bertz CT molecular complexity index is 519. The largest absolute Gasteiger partial charge is 0.323 e. The van der Waals surface area contributed by atoms with E-state index in [0.29, 0.717) is 11.4 Å². The van der Waals surface area contributed by atoms with E-state index in [1.165, 1.54) is 0 Å². The van der Waals surface area contributed by atoms with E-state index in [-0.39, 0.29) is 6.03 Å². The van der Waals surface area contributed by atoms with Crippen molar-refractivity contribution in [1.29, 1.82) is 0 Å². The van der Waals surface area contributed by atoms with Gasteiger partial charge >= 0.3 is 6.03 Å². The molecule has 0 aliphatic carbocycles. The van der Waals surface area contributed by atoms with E-state index in [4.69, 9.17) is 0 Å². The van der Waals surface area contributed by atoms with Crippen LogP contribution in [0.1, 0.15) is 11.4 Å². The van der Waals surface area contributed by atoms with Crippen LogP contribution in [0.25, 0.3) is 0 Å². The van der Waals surface area contributed by atoms with Gasteiger partial charge in [-0.1, -0.05) is 0 Å². The fourth-order valence-electron chi connectivity index (χ4n) is 1.51. The van der Waals surface area contributed by atoms with Gasteiger partial charge in [0, 0.05) is 12.4 Å². The zero-order valence-electron chi connectivity index (χ0n) is 10.3. The van der Waals surface area contributed by atoms with Crippen molar-refractivity contribution in [2.24, 2.45) is 0 Å².